The second kappa shape index (κ2) is 6.82. The highest BCUT2D eigenvalue weighted by atomic mass is 32.1. The number of hydrogen-bond donors (Lipinski definition) is 2. The summed E-state index contributed by atoms with van der Waals surface area (Å²) in [5, 5.41) is 4.17. The van der Waals surface area contributed by atoms with Gasteiger partial charge in [0.2, 0.25) is 0 Å². The van der Waals surface area contributed by atoms with Crippen LogP contribution in [0.2, 0.25) is 0 Å². The second-order valence-electron chi connectivity index (χ2n) is 5.99. The number of primary amides is 1. The van der Waals surface area contributed by atoms with E-state index in [4.69, 9.17) is 10.5 Å². The molecule has 4 rings (SSSR count). The van der Waals surface area contributed by atoms with Crippen LogP contribution in [0, 0.1) is 0 Å². The molecule has 2 heterocycles. The van der Waals surface area contributed by atoms with Crippen LogP contribution in [-0.2, 0) is 4.74 Å². The topological polar surface area (TPSA) is 103 Å². The third-order valence-corrected chi connectivity index (χ3v) is 5.51. The Kier molecular flexibility index (Phi) is 4.32. The van der Waals surface area contributed by atoms with Crippen LogP contribution >= 0.6 is 11.3 Å². The molecule has 0 spiro atoms. The molecule has 0 aliphatic heterocycles. The predicted molar refractivity (Wildman–Crippen MR) is 109 cm³/mol. The lowest BCUT2D eigenvalue weighted by Gasteiger charge is -2.11. The molecule has 2 aromatic carbocycles. The van der Waals surface area contributed by atoms with E-state index in [-0.39, 0.29) is 16.1 Å². The van der Waals surface area contributed by atoms with E-state index in [9.17, 15) is 14.4 Å². The summed E-state index contributed by atoms with van der Waals surface area (Å²) in [5.74, 6) is -0.624. The largest absolute Gasteiger partial charge is 0.465 e. The molecular formula is C20H15N3O4S. The fourth-order valence-electron chi connectivity index (χ4n) is 3.22. The molecule has 0 radical (unpaired) electrons. The minimum absolute atomic E-state index is 0.164. The van der Waals surface area contributed by atoms with Gasteiger partial charge >= 0.3 is 12.0 Å². The van der Waals surface area contributed by atoms with E-state index in [1.807, 2.05) is 18.2 Å². The standard InChI is InChI=1S/C20H15N3O4S/c1-27-19(25)16-15(22-20(21)26)14-12-9-5-6-10-13(12)17(24)23(18(14)28-16)11-7-3-2-4-8-11/h2-10H,1H3,(H3,21,22,26). The van der Waals surface area contributed by atoms with Crippen molar-refractivity contribution in [2.75, 3.05) is 12.4 Å². The van der Waals surface area contributed by atoms with Crippen molar-refractivity contribution >= 4 is 50.0 Å². The Labute approximate surface area is 163 Å². The average molecular weight is 393 g/mol. The Bertz CT molecular complexity index is 1290. The molecule has 0 saturated carbocycles. The molecule has 140 valence electrons. The molecular weight excluding hydrogens is 378 g/mol. The Morgan fingerprint density at radius 1 is 1.04 bits per heavy atom. The van der Waals surface area contributed by atoms with Crippen LogP contribution in [0.25, 0.3) is 26.7 Å². The molecule has 0 fully saturated rings. The number of pyridine rings is 1. The summed E-state index contributed by atoms with van der Waals surface area (Å²) in [4.78, 5) is 37.9. The number of esters is 1. The molecule has 8 heteroatoms. The van der Waals surface area contributed by atoms with Crippen LogP contribution in [0.4, 0.5) is 10.5 Å². The number of nitrogens with one attached hydrogen (secondary N) is 1. The van der Waals surface area contributed by atoms with Gasteiger partial charge in [-0.05, 0) is 23.6 Å². The SMILES string of the molecule is COC(=O)c1sc2c(c1NC(N)=O)c1ccccc1c(=O)n2-c1ccccc1. The quantitative estimate of drug-likeness (QED) is 0.520. The van der Waals surface area contributed by atoms with Crippen molar-refractivity contribution in [3.63, 3.8) is 0 Å². The summed E-state index contributed by atoms with van der Waals surface area (Å²) in [6.07, 6.45) is 0. The number of hydrogen-bond acceptors (Lipinski definition) is 5. The van der Waals surface area contributed by atoms with Crippen molar-refractivity contribution in [2.24, 2.45) is 5.73 Å². The number of anilines is 1. The number of urea groups is 1. The highest BCUT2D eigenvalue weighted by molar-refractivity contribution is 7.21. The third kappa shape index (κ3) is 2.71. The van der Waals surface area contributed by atoms with Gasteiger partial charge in [0.15, 0.2) is 0 Å². The molecule has 3 N–H and O–H groups in total. The molecule has 28 heavy (non-hydrogen) atoms. The molecule has 0 saturated heterocycles. The molecule has 7 nitrogen and oxygen atoms in total. The van der Waals surface area contributed by atoms with Crippen LogP contribution < -0.4 is 16.6 Å². The van der Waals surface area contributed by atoms with Crippen LogP contribution in [0.1, 0.15) is 9.67 Å². The van der Waals surface area contributed by atoms with Crippen molar-refractivity contribution in [1.82, 2.24) is 4.57 Å². The zero-order valence-corrected chi connectivity index (χ0v) is 15.6. The minimum Gasteiger partial charge on any atom is -0.465 e. The van der Waals surface area contributed by atoms with Gasteiger partial charge in [-0.3, -0.25) is 9.36 Å². The Hall–Kier alpha value is -3.65. The highest BCUT2D eigenvalue weighted by Gasteiger charge is 2.25. The van der Waals surface area contributed by atoms with Crippen LogP contribution in [-0.4, -0.2) is 23.7 Å². The van der Waals surface area contributed by atoms with Crippen LogP contribution in [0.15, 0.2) is 59.4 Å². The number of methoxy groups -OCH3 is 1. The molecule has 0 aliphatic rings. The fraction of sp³-hybridized carbons (Fsp3) is 0.0500. The van der Waals surface area contributed by atoms with Gasteiger partial charge < -0.3 is 15.8 Å². The van der Waals surface area contributed by atoms with Crippen molar-refractivity contribution < 1.29 is 14.3 Å². The van der Waals surface area contributed by atoms with Gasteiger partial charge in [-0.2, -0.15) is 0 Å². The number of aromatic nitrogens is 1. The van der Waals surface area contributed by atoms with E-state index in [2.05, 4.69) is 5.32 Å². The van der Waals surface area contributed by atoms with E-state index in [0.29, 0.717) is 26.7 Å². The van der Waals surface area contributed by atoms with Crippen LogP contribution in [0.3, 0.4) is 0 Å². The number of carbonyl (C=O) groups is 2. The zero-order chi connectivity index (χ0) is 19.8. The molecule has 0 aliphatic carbocycles. The number of fused-ring (bicyclic) bond motifs is 3. The zero-order valence-electron chi connectivity index (χ0n) is 14.8. The average Bonchev–Trinajstić information content (AvgIpc) is 3.06. The monoisotopic (exact) mass is 393 g/mol. The minimum atomic E-state index is -0.814. The maximum Gasteiger partial charge on any atom is 0.350 e. The summed E-state index contributed by atoms with van der Waals surface area (Å²) >= 11 is 1.07. The number of para-hydroxylation sites is 1. The maximum absolute atomic E-state index is 13.3. The van der Waals surface area contributed by atoms with E-state index in [1.165, 1.54) is 11.7 Å². The number of benzene rings is 2. The fourth-order valence-corrected chi connectivity index (χ4v) is 4.43. The van der Waals surface area contributed by atoms with Crippen molar-refractivity contribution in [3.8, 4) is 5.69 Å². The first kappa shape index (κ1) is 17.7. The number of nitrogens with two attached hydrogens (primary N) is 1. The number of thiophene rings is 1. The first-order valence-electron chi connectivity index (χ1n) is 8.33. The van der Waals surface area contributed by atoms with Crippen molar-refractivity contribution in [1.29, 1.82) is 0 Å². The molecule has 0 unspecified atom stereocenters. The third-order valence-electron chi connectivity index (χ3n) is 4.36. The van der Waals surface area contributed by atoms with E-state index < -0.39 is 12.0 Å². The smallest absolute Gasteiger partial charge is 0.350 e. The summed E-state index contributed by atoms with van der Waals surface area (Å²) in [5.41, 5.74) is 6.00. The molecule has 2 amide bonds. The first-order valence-corrected chi connectivity index (χ1v) is 9.15. The summed E-state index contributed by atoms with van der Waals surface area (Å²) in [6.45, 7) is 0. The van der Waals surface area contributed by atoms with Gasteiger partial charge in [0.05, 0.1) is 18.5 Å². The molecule has 4 aromatic rings. The molecule has 0 bridgehead atoms. The number of ether oxygens (including phenoxy) is 1. The van der Waals surface area contributed by atoms with Gasteiger partial charge in [-0.25, -0.2) is 9.59 Å². The van der Waals surface area contributed by atoms with E-state index >= 15 is 0 Å². The molecule has 0 atom stereocenters. The Morgan fingerprint density at radius 2 is 1.68 bits per heavy atom. The summed E-state index contributed by atoms with van der Waals surface area (Å²) in [6, 6.07) is 15.3. The summed E-state index contributed by atoms with van der Waals surface area (Å²) < 4.78 is 6.40. The highest BCUT2D eigenvalue weighted by Crippen LogP contribution is 2.40. The molecule has 2 aromatic heterocycles. The Morgan fingerprint density at radius 3 is 2.32 bits per heavy atom. The normalized spacial score (nSPS) is 10.9. The predicted octanol–water partition coefficient (Wildman–Crippen LogP) is 3.48. The number of rotatable bonds is 3. The lowest BCUT2D eigenvalue weighted by atomic mass is 10.1. The van der Waals surface area contributed by atoms with Gasteiger partial charge in [0.25, 0.3) is 5.56 Å². The second-order valence-corrected chi connectivity index (χ2v) is 6.99. The number of nitrogens with zero attached hydrogens (tertiary/aromatic N) is 1. The van der Waals surface area contributed by atoms with Gasteiger partial charge in [0.1, 0.15) is 9.71 Å². The van der Waals surface area contributed by atoms with Crippen molar-refractivity contribution in [3.05, 3.63) is 69.8 Å². The maximum atomic E-state index is 13.3. The van der Waals surface area contributed by atoms with Gasteiger partial charge in [-0.15, -0.1) is 11.3 Å². The lowest BCUT2D eigenvalue weighted by molar-refractivity contribution is 0.0607. The van der Waals surface area contributed by atoms with Crippen molar-refractivity contribution in [2.45, 2.75) is 0 Å². The lowest BCUT2D eigenvalue weighted by Crippen LogP contribution is -2.21. The van der Waals surface area contributed by atoms with E-state index in [1.54, 1.807) is 36.4 Å². The number of amides is 2. The van der Waals surface area contributed by atoms with E-state index in [0.717, 1.165) is 11.3 Å². The summed E-state index contributed by atoms with van der Waals surface area (Å²) in [7, 11) is 1.25. The van der Waals surface area contributed by atoms with Gasteiger partial charge in [0, 0.05) is 10.8 Å². The number of carbonyl (C=O) groups excluding carboxylic acids is 2. The Balaban J connectivity index is 2.25. The first-order chi connectivity index (χ1) is 13.5. The van der Waals surface area contributed by atoms with Gasteiger partial charge in [-0.1, -0.05) is 36.4 Å². The van der Waals surface area contributed by atoms with Crippen LogP contribution in [0.5, 0.6) is 0 Å².